The third-order valence-electron chi connectivity index (χ3n) is 10.3. The van der Waals surface area contributed by atoms with Gasteiger partial charge in [0.2, 0.25) is 16.1 Å². The Morgan fingerprint density at radius 2 is 1.88 bits per heavy atom. The van der Waals surface area contributed by atoms with E-state index in [2.05, 4.69) is 17.4 Å². The molecule has 0 aliphatic carbocycles. The van der Waals surface area contributed by atoms with Crippen LogP contribution >= 0.6 is 11.6 Å². The molecule has 0 saturated carbocycles. The highest BCUT2D eigenvalue weighted by Crippen LogP contribution is 2.41. The Kier molecular flexibility index (Phi) is 11.8. The van der Waals surface area contributed by atoms with Crippen LogP contribution in [0.4, 0.5) is 19.3 Å². The van der Waals surface area contributed by atoms with Gasteiger partial charge in [0.15, 0.2) is 0 Å². The Morgan fingerprint density at radius 3 is 2.55 bits per heavy atom. The number of carbonyl (C=O) groups excluding carboxylic acids is 2. The number of amides is 2. The monoisotopic (exact) mass is 723 g/mol. The van der Waals surface area contributed by atoms with Crippen molar-refractivity contribution in [1.82, 2.24) is 9.62 Å². The molecule has 3 aliphatic heterocycles. The molecule has 3 heterocycles. The Labute approximate surface area is 292 Å². The third kappa shape index (κ3) is 8.33. The number of methoxy groups -OCH3 is 1. The summed E-state index contributed by atoms with van der Waals surface area (Å²) in [6.07, 6.45) is 0.802. The summed E-state index contributed by atoms with van der Waals surface area (Å²) in [5, 5.41) is 6.23. The molecular formula is C35H46ClF2N4O6S+. The molecule has 2 aromatic carbocycles. The maximum atomic E-state index is 15.5. The standard InChI is InChI=1S/C35H45ClF2N4O6S/c1-20-13-14-49(45,46)42-19-31(20)39-18-25(42)10-11-26-28(37)7-6-8-30(26)40-34(43)33(41(4)35(44)47-5)32(23-9-12-27(36)29(38)17-23)24-15-21(2)48-22(3)16-24/h6-9,12,17,20-22,24-25,31-33,39H,4,10-11,13-16,18-19H2,1-3,5H3/p+1. The lowest BCUT2D eigenvalue weighted by molar-refractivity contribution is -0.471. The zero-order chi connectivity index (χ0) is 35.6. The largest absolute Gasteiger partial charge is 0.596 e. The summed E-state index contributed by atoms with van der Waals surface area (Å²) >= 11 is 6.03. The number of benzene rings is 2. The average molecular weight is 724 g/mol. The predicted octanol–water partition coefficient (Wildman–Crippen LogP) is 5.34. The maximum absolute atomic E-state index is 15.5. The van der Waals surface area contributed by atoms with Gasteiger partial charge in [-0.25, -0.2) is 17.2 Å². The zero-order valence-electron chi connectivity index (χ0n) is 28.3. The Balaban J connectivity index is 1.47. The molecule has 2 bridgehead atoms. The average Bonchev–Trinajstić information content (AvgIpc) is 3.14. The van der Waals surface area contributed by atoms with Crippen LogP contribution in [0.5, 0.6) is 0 Å². The molecule has 14 heteroatoms. The first kappa shape index (κ1) is 37.3. The van der Waals surface area contributed by atoms with E-state index >= 15 is 4.39 Å². The van der Waals surface area contributed by atoms with E-state index in [1.165, 1.54) is 31.4 Å². The summed E-state index contributed by atoms with van der Waals surface area (Å²) in [5.41, 5.74) is 0.812. The highest BCUT2D eigenvalue weighted by molar-refractivity contribution is 7.89. The number of nitrogens with zero attached hydrogens (tertiary/aromatic N) is 2. The molecule has 3 fully saturated rings. The van der Waals surface area contributed by atoms with E-state index in [9.17, 15) is 22.4 Å². The lowest BCUT2D eigenvalue weighted by atomic mass is 9.74. The van der Waals surface area contributed by atoms with E-state index in [1.54, 1.807) is 16.4 Å². The Hall–Kier alpha value is -2.97. The number of fused-ring (bicyclic) bond motifs is 2. The molecule has 10 nitrogen and oxygen atoms in total. The minimum atomic E-state index is -3.48. The first-order valence-corrected chi connectivity index (χ1v) is 18.8. The van der Waals surface area contributed by atoms with Crippen molar-refractivity contribution in [2.75, 3.05) is 31.3 Å². The van der Waals surface area contributed by atoms with E-state index in [0.717, 1.165) is 4.58 Å². The summed E-state index contributed by atoms with van der Waals surface area (Å²) in [7, 11) is -2.31. The fourth-order valence-electron chi connectivity index (χ4n) is 7.78. The van der Waals surface area contributed by atoms with Crippen LogP contribution in [-0.4, -0.2) is 92.3 Å². The molecule has 0 spiro atoms. The summed E-state index contributed by atoms with van der Waals surface area (Å²) in [6.45, 7) is 10.6. The topological polar surface area (TPSA) is 117 Å². The molecule has 0 aromatic heterocycles. The zero-order valence-corrected chi connectivity index (χ0v) is 29.9. The van der Waals surface area contributed by atoms with Crippen LogP contribution in [0.25, 0.3) is 0 Å². The van der Waals surface area contributed by atoms with Crippen molar-refractivity contribution in [3.63, 3.8) is 0 Å². The third-order valence-corrected chi connectivity index (χ3v) is 12.5. The van der Waals surface area contributed by atoms with Crippen molar-refractivity contribution in [3.05, 3.63) is 64.2 Å². The number of ether oxygens (including phenoxy) is 2. The highest BCUT2D eigenvalue weighted by Gasteiger charge is 2.48. The SMILES string of the molecule is C=[N+](C(=O)OC)C(C(=O)Nc1cccc(F)c1CCC1CNC2CN1S(=O)(=O)CCC2C)C(c1ccc(Cl)c(F)c1)C1CC(C)OC(C)C1. The number of hydrogen-bond donors (Lipinski definition) is 2. The Bertz CT molecular complexity index is 1670. The van der Waals surface area contributed by atoms with Gasteiger partial charge >= 0.3 is 6.09 Å². The lowest BCUT2D eigenvalue weighted by Crippen LogP contribution is -2.58. The molecule has 0 radical (unpaired) electrons. The number of carbonyl (C=O) groups is 2. The van der Waals surface area contributed by atoms with E-state index in [0.29, 0.717) is 44.3 Å². The van der Waals surface area contributed by atoms with E-state index in [4.69, 9.17) is 21.1 Å². The van der Waals surface area contributed by atoms with Gasteiger partial charge < -0.3 is 20.1 Å². The quantitative estimate of drug-likeness (QED) is 0.265. The molecule has 49 heavy (non-hydrogen) atoms. The van der Waals surface area contributed by atoms with E-state index in [-0.39, 0.29) is 58.5 Å². The van der Waals surface area contributed by atoms with Gasteiger partial charge in [-0.1, -0.05) is 30.7 Å². The van der Waals surface area contributed by atoms with Crippen molar-refractivity contribution < 1.29 is 40.8 Å². The van der Waals surface area contributed by atoms with Gasteiger partial charge in [-0.05, 0) is 87.6 Å². The van der Waals surface area contributed by atoms with Gasteiger partial charge in [-0.2, -0.15) is 9.10 Å². The summed E-state index contributed by atoms with van der Waals surface area (Å²) in [5.74, 6) is -2.67. The normalized spacial score (nSPS) is 29.2. The molecule has 3 saturated heterocycles. The molecule has 3 aliphatic rings. The van der Waals surface area contributed by atoms with E-state index in [1.807, 2.05) is 20.8 Å². The van der Waals surface area contributed by atoms with Crippen molar-refractivity contribution in [2.24, 2.45) is 11.8 Å². The number of sulfonamides is 1. The number of piperazine rings is 1. The Morgan fingerprint density at radius 1 is 1.16 bits per heavy atom. The minimum absolute atomic E-state index is 0.0536. The first-order chi connectivity index (χ1) is 23.2. The second kappa shape index (κ2) is 15.5. The molecule has 5 rings (SSSR count). The lowest BCUT2D eigenvalue weighted by Gasteiger charge is -2.39. The molecule has 8 unspecified atom stereocenters. The second-order valence-corrected chi connectivity index (χ2v) is 16.1. The summed E-state index contributed by atoms with van der Waals surface area (Å²) in [4.78, 5) is 27.4. The molecule has 2 N–H and O–H groups in total. The molecule has 2 amide bonds. The molecule has 268 valence electrons. The minimum Gasteiger partial charge on any atom is -0.415 e. The van der Waals surface area contributed by atoms with Crippen molar-refractivity contribution in [3.8, 4) is 0 Å². The number of anilines is 1. The van der Waals surface area contributed by atoms with Gasteiger partial charge in [0.05, 0.1) is 36.0 Å². The van der Waals surface area contributed by atoms with Crippen molar-refractivity contribution in [2.45, 2.75) is 89.1 Å². The smallest absolute Gasteiger partial charge is 0.415 e. The molecule has 2 aromatic rings. The fourth-order valence-corrected chi connectivity index (χ4v) is 9.82. The van der Waals surface area contributed by atoms with Crippen molar-refractivity contribution >= 4 is 46.0 Å². The van der Waals surface area contributed by atoms with Crippen LogP contribution in [0, 0.1) is 23.5 Å². The van der Waals surface area contributed by atoms with Gasteiger partial charge in [-0.3, -0.25) is 4.79 Å². The van der Waals surface area contributed by atoms with Crippen LogP contribution in [0.2, 0.25) is 5.02 Å². The van der Waals surface area contributed by atoms with Crippen molar-refractivity contribution in [1.29, 1.82) is 0 Å². The second-order valence-electron chi connectivity index (χ2n) is 13.7. The number of rotatable bonds is 9. The van der Waals surface area contributed by atoms with Crippen LogP contribution in [-0.2, 0) is 30.7 Å². The summed E-state index contributed by atoms with van der Waals surface area (Å²) in [6, 6.07) is 6.96. The van der Waals surface area contributed by atoms with Crippen LogP contribution in [0.1, 0.15) is 63.5 Å². The fraction of sp³-hybridized carbons (Fsp3) is 0.571. The maximum Gasteiger partial charge on any atom is 0.596 e. The number of halogens is 3. The van der Waals surface area contributed by atoms with Gasteiger partial charge in [0.25, 0.3) is 5.91 Å². The number of nitrogens with one attached hydrogen (secondary N) is 2. The number of hydrogen-bond acceptors (Lipinski definition) is 7. The van der Waals surface area contributed by atoms with Crippen LogP contribution < -0.4 is 10.6 Å². The molecular weight excluding hydrogens is 678 g/mol. The van der Waals surface area contributed by atoms with Gasteiger partial charge in [-0.15, -0.1) is 4.58 Å². The van der Waals surface area contributed by atoms with Crippen LogP contribution in [0.15, 0.2) is 36.4 Å². The summed E-state index contributed by atoms with van der Waals surface area (Å²) < 4.78 is 70.2. The first-order valence-electron chi connectivity index (χ1n) is 16.8. The van der Waals surface area contributed by atoms with E-state index < -0.39 is 51.7 Å². The van der Waals surface area contributed by atoms with Crippen LogP contribution in [0.3, 0.4) is 0 Å². The van der Waals surface area contributed by atoms with Gasteiger partial charge in [0.1, 0.15) is 18.4 Å². The highest BCUT2D eigenvalue weighted by atomic mass is 35.5. The molecule has 8 atom stereocenters. The predicted molar refractivity (Wildman–Crippen MR) is 184 cm³/mol. The van der Waals surface area contributed by atoms with Gasteiger partial charge in [0, 0.05) is 36.4 Å².